The van der Waals surface area contributed by atoms with Gasteiger partial charge in [0.25, 0.3) is 5.91 Å². The van der Waals surface area contributed by atoms with E-state index >= 15 is 0 Å². The van der Waals surface area contributed by atoms with Crippen molar-refractivity contribution in [3.63, 3.8) is 0 Å². The van der Waals surface area contributed by atoms with Crippen LogP contribution in [-0.4, -0.2) is 30.2 Å². The molecule has 1 atom stereocenters. The largest absolute Gasteiger partial charge is 0.491 e. The highest BCUT2D eigenvalue weighted by Gasteiger charge is 2.16. The number of hydrogen-bond acceptors (Lipinski definition) is 5. The van der Waals surface area contributed by atoms with Gasteiger partial charge in [-0.2, -0.15) is 0 Å². The van der Waals surface area contributed by atoms with Gasteiger partial charge in [0.05, 0.1) is 16.8 Å². The molecule has 160 valence electrons. The van der Waals surface area contributed by atoms with Crippen LogP contribution in [0.25, 0.3) is 0 Å². The van der Waals surface area contributed by atoms with E-state index in [2.05, 4.69) is 10.3 Å². The smallest absolute Gasteiger partial charge is 0.255 e. The third kappa shape index (κ3) is 5.67. The van der Waals surface area contributed by atoms with Crippen molar-refractivity contribution in [1.82, 2.24) is 4.98 Å². The molecule has 0 spiro atoms. The first kappa shape index (κ1) is 21.4. The minimum absolute atomic E-state index is 0.142. The van der Waals surface area contributed by atoms with Crippen LogP contribution in [-0.2, 0) is 4.74 Å². The maximum absolute atomic E-state index is 12.7. The minimum Gasteiger partial charge on any atom is -0.491 e. The summed E-state index contributed by atoms with van der Waals surface area (Å²) in [7, 11) is 0. The Hall–Kier alpha value is -2.80. The van der Waals surface area contributed by atoms with E-state index in [-0.39, 0.29) is 22.9 Å². The zero-order chi connectivity index (χ0) is 21.6. The molecule has 2 aromatic carbocycles. The lowest BCUT2D eigenvalue weighted by Gasteiger charge is -2.13. The van der Waals surface area contributed by atoms with Crippen LogP contribution in [0, 0.1) is 0 Å². The van der Waals surface area contributed by atoms with E-state index in [0.717, 1.165) is 19.4 Å². The van der Waals surface area contributed by atoms with Gasteiger partial charge in [-0.05, 0) is 55.3 Å². The minimum atomic E-state index is -0.281. The number of para-hydroxylation sites is 2. The Bertz CT molecular complexity index is 1050. The number of pyridine rings is 1. The fourth-order valence-corrected chi connectivity index (χ4v) is 3.52. The number of benzene rings is 2. The molecule has 2 heterocycles. The number of nitrogens with zero attached hydrogens (tertiary/aromatic N) is 1. The van der Waals surface area contributed by atoms with Crippen molar-refractivity contribution in [2.24, 2.45) is 0 Å². The Morgan fingerprint density at radius 1 is 1.16 bits per heavy atom. The number of ether oxygens (including phenoxy) is 3. The number of halogens is 2. The number of nitrogens with one attached hydrogen (secondary N) is 1. The number of rotatable bonds is 7. The quantitative estimate of drug-likeness (QED) is 0.470. The summed E-state index contributed by atoms with van der Waals surface area (Å²) in [6.45, 7) is 1.30. The first-order valence-electron chi connectivity index (χ1n) is 9.82. The Balaban J connectivity index is 1.41. The number of amides is 1. The predicted molar refractivity (Wildman–Crippen MR) is 120 cm³/mol. The maximum Gasteiger partial charge on any atom is 0.255 e. The lowest BCUT2D eigenvalue weighted by atomic mass is 10.2. The molecule has 6 nitrogen and oxygen atoms in total. The molecule has 1 fully saturated rings. The van der Waals surface area contributed by atoms with Crippen molar-refractivity contribution < 1.29 is 19.0 Å². The summed E-state index contributed by atoms with van der Waals surface area (Å²) in [5.41, 5.74) is 0.973. The molecule has 1 aliphatic heterocycles. The summed E-state index contributed by atoms with van der Waals surface area (Å²) in [5.74, 6) is 1.01. The van der Waals surface area contributed by atoms with Gasteiger partial charge in [0.1, 0.15) is 17.4 Å². The van der Waals surface area contributed by atoms with E-state index in [1.807, 2.05) is 0 Å². The molecular formula is C23H20Cl2N2O4. The van der Waals surface area contributed by atoms with Gasteiger partial charge in [0.15, 0.2) is 5.75 Å². The summed E-state index contributed by atoms with van der Waals surface area (Å²) < 4.78 is 17.1. The molecule has 0 bridgehead atoms. The molecule has 8 heteroatoms. The van der Waals surface area contributed by atoms with E-state index in [9.17, 15) is 4.79 Å². The molecule has 1 amide bonds. The van der Waals surface area contributed by atoms with E-state index in [0.29, 0.717) is 34.4 Å². The zero-order valence-corrected chi connectivity index (χ0v) is 18.0. The molecule has 1 aliphatic rings. The van der Waals surface area contributed by atoms with Crippen molar-refractivity contribution >= 4 is 34.8 Å². The average Bonchev–Trinajstić information content (AvgIpc) is 3.29. The van der Waals surface area contributed by atoms with Crippen LogP contribution in [0.4, 0.5) is 5.69 Å². The summed E-state index contributed by atoms with van der Waals surface area (Å²) in [5, 5.41) is 3.53. The highest BCUT2D eigenvalue weighted by atomic mass is 35.5. The predicted octanol–water partition coefficient (Wildman–Crippen LogP) is 5.99. The van der Waals surface area contributed by atoms with Gasteiger partial charge in [0, 0.05) is 18.4 Å². The van der Waals surface area contributed by atoms with E-state index < -0.39 is 0 Å². The highest BCUT2D eigenvalue weighted by Crippen LogP contribution is 2.33. The van der Waals surface area contributed by atoms with Crippen LogP contribution in [0.2, 0.25) is 10.0 Å². The van der Waals surface area contributed by atoms with Crippen LogP contribution >= 0.6 is 23.2 Å². The summed E-state index contributed by atoms with van der Waals surface area (Å²) in [6.07, 6.45) is 3.66. The molecule has 0 aliphatic carbocycles. The van der Waals surface area contributed by atoms with Gasteiger partial charge >= 0.3 is 0 Å². The zero-order valence-electron chi connectivity index (χ0n) is 16.5. The Labute approximate surface area is 190 Å². The SMILES string of the molecule is O=C(Nc1ccccc1Oc1ncc(Cl)cc1Cl)c1ccc(OCC2CCCO2)cc1. The first-order chi connectivity index (χ1) is 15.1. The fourth-order valence-electron chi connectivity index (χ4n) is 3.10. The van der Waals surface area contributed by atoms with Crippen molar-refractivity contribution in [3.05, 3.63) is 76.4 Å². The van der Waals surface area contributed by atoms with E-state index in [4.69, 9.17) is 37.4 Å². The average molecular weight is 459 g/mol. The van der Waals surface area contributed by atoms with Crippen molar-refractivity contribution in [2.75, 3.05) is 18.5 Å². The Morgan fingerprint density at radius 2 is 1.97 bits per heavy atom. The molecule has 1 N–H and O–H groups in total. The molecular weight excluding hydrogens is 439 g/mol. The molecule has 31 heavy (non-hydrogen) atoms. The van der Waals surface area contributed by atoms with Crippen LogP contribution in [0.3, 0.4) is 0 Å². The fraction of sp³-hybridized carbons (Fsp3) is 0.217. The van der Waals surface area contributed by atoms with Crippen molar-refractivity contribution in [1.29, 1.82) is 0 Å². The van der Waals surface area contributed by atoms with Gasteiger partial charge in [-0.1, -0.05) is 35.3 Å². The summed E-state index contributed by atoms with van der Waals surface area (Å²) in [4.78, 5) is 16.8. The third-order valence-corrected chi connectivity index (χ3v) is 5.17. The van der Waals surface area contributed by atoms with E-state index in [1.54, 1.807) is 48.5 Å². The van der Waals surface area contributed by atoms with Gasteiger partial charge in [-0.25, -0.2) is 4.98 Å². The number of carbonyl (C=O) groups is 1. The molecule has 1 aromatic heterocycles. The van der Waals surface area contributed by atoms with Gasteiger partial charge in [0.2, 0.25) is 5.88 Å². The first-order valence-corrected chi connectivity index (χ1v) is 10.6. The molecule has 4 rings (SSSR count). The second-order valence-corrected chi connectivity index (χ2v) is 7.81. The van der Waals surface area contributed by atoms with Gasteiger partial charge < -0.3 is 19.5 Å². The number of anilines is 1. The summed E-state index contributed by atoms with van der Waals surface area (Å²) >= 11 is 12.0. The lowest BCUT2D eigenvalue weighted by Crippen LogP contribution is -2.16. The van der Waals surface area contributed by atoms with E-state index in [1.165, 1.54) is 12.3 Å². The van der Waals surface area contributed by atoms with Crippen LogP contribution in [0.1, 0.15) is 23.2 Å². The molecule has 3 aromatic rings. The van der Waals surface area contributed by atoms with Gasteiger partial charge in [-0.3, -0.25) is 4.79 Å². The normalized spacial score (nSPS) is 15.5. The lowest BCUT2D eigenvalue weighted by molar-refractivity contribution is 0.0679. The van der Waals surface area contributed by atoms with Crippen LogP contribution in [0.5, 0.6) is 17.4 Å². The molecule has 0 saturated carbocycles. The second kappa shape index (κ2) is 10.0. The molecule has 1 saturated heterocycles. The Kier molecular flexibility index (Phi) is 6.92. The Morgan fingerprint density at radius 3 is 2.71 bits per heavy atom. The standard InChI is InChI=1S/C23H20Cl2N2O4/c24-16-12-19(25)23(26-13-16)31-21-6-2-1-5-20(21)27-22(28)15-7-9-17(10-8-15)30-14-18-4-3-11-29-18/h1-2,5-10,12-13,18H,3-4,11,14H2,(H,27,28). The topological polar surface area (TPSA) is 69.7 Å². The third-order valence-electron chi connectivity index (χ3n) is 4.69. The van der Waals surface area contributed by atoms with Crippen molar-refractivity contribution in [2.45, 2.75) is 18.9 Å². The van der Waals surface area contributed by atoms with Crippen LogP contribution in [0.15, 0.2) is 60.8 Å². The summed E-state index contributed by atoms with van der Waals surface area (Å²) in [6, 6.07) is 15.5. The molecule has 1 unspecified atom stereocenters. The van der Waals surface area contributed by atoms with Crippen LogP contribution < -0.4 is 14.8 Å². The van der Waals surface area contributed by atoms with Crippen molar-refractivity contribution in [3.8, 4) is 17.4 Å². The second-order valence-electron chi connectivity index (χ2n) is 6.96. The number of hydrogen-bond donors (Lipinski definition) is 1. The molecule has 0 radical (unpaired) electrons. The monoisotopic (exact) mass is 458 g/mol. The number of carbonyl (C=O) groups excluding carboxylic acids is 1. The highest BCUT2D eigenvalue weighted by molar-refractivity contribution is 6.35. The number of aromatic nitrogens is 1. The van der Waals surface area contributed by atoms with Gasteiger partial charge in [-0.15, -0.1) is 0 Å². The maximum atomic E-state index is 12.7.